The molecule has 0 heterocycles. The molecule has 1 N–H and O–H groups in total. The third-order valence-corrected chi connectivity index (χ3v) is 6.72. The van der Waals surface area contributed by atoms with Gasteiger partial charge in [-0.15, -0.1) is 0 Å². The minimum absolute atomic E-state index is 0.0613. The molecule has 0 spiro atoms. The second kappa shape index (κ2) is 10.3. The van der Waals surface area contributed by atoms with Gasteiger partial charge in [0.2, 0.25) is 5.91 Å². The van der Waals surface area contributed by atoms with E-state index in [4.69, 9.17) is 32.7 Å². The number of nitrogens with zero attached hydrogens (tertiary/aromatic N) is 1. The fraction of sp³-hybridized carbons (Fsp3) is 0.350. The van der Waals surface area contributed by atoms with Crippen LogP contribution in [-0.2, 0) is 19.6 Å². The summed E-state index contributed by atoms with van der Waals surface area (Å²) in [6.45, 7) is 3.34. The van der Waals surface area contributed by atoms with E-state index in [0.717, 1.165) is 9.87 Å². The molecular formula is C20H24Cl2N2O5S. The van der Waals surface area contributed by atoms with Crippen LogP contribution in [0.5, 0.6) is 5.75 Å². The van der Waals surface area contributed by atoms with Gasteiger partial charge in [-0.1, -0.05) is 29.3 Å². The molecule has 0 radical (unpaired) electrons. The molecule has 7 nitrogen and oxygen atoms in total. The van der Waals surface area contributed by atoms with E-state index < -0.39 is 22.5 Å². The van der Waals surface area contributed by atoms with E-state index >= 15 is 0 Å². The lowest BCUT2D eigenvalue weighted by Gasteiger charge is -2.26. The molecule has 1 atom stereocenters. The molecular weight excluding hydrogens is 451 g/mol. The van der Waals surface area contributed by atoms with E-state index in [1.54, 1.807) is 26.0 Å². The van der Waals surface area contributed by atoms with Crippen molar-refractivity contribution in [2.45, 2.75) is 24.8 Å². The Kier molecular flexibility index (Phi) is 8.37. The molecule has 0 saturated carbocycles. The first-order valence-corrected chi connectivity index (χ1v) is 11.2. The molecule has 0 aliphatic rings. The first-order chi connectivity index (χ1) is 14.1. The predicted molar refractivity (Wildman–Crippen MR) is 118 cm³/mol. The molecule has 0 aliphatic carbocycles. The van der Waals surface area contributed by atoms with Crippen molar-refractivity contribution < 1.29 is 22.7 Å². The molecule has 0 unspecified atom stereocenters. The molecule has 30 heavy (non-hydrogen) atoms. The Morgan fingerprint density at radius 2 is 1.83 bits per heavy atom. The first-order valence-electron chi connectivity index (χ1n) is 9.01. The molecule has 0 aromatic heterocycles. The van der Waals surface area contributed by atoms with Crippen LogP contribution in [0.1, 0.15) is 12.5 Å². The molecule has 2 rings (SSSR count). The number of sulfonamides is 1. The van der Waals surface area contributed by atoms with Crippen molar-refractivity contribution in [3.63, 3.8) is 0 Å². The quantitative estimate of drug-likeness (QED) is 0.599. The zero-order chi connectivity index (χ0) is 22.5. The van der Waals surface area contributed by atoms with E-state index in [1.807, 2.05) is 0 Å². The lowest BCUT2D eigenvalue weighted by atomic mass is 10.2. The van der Waals surface area contributed by atoms with Crippen LogP contribution >= 0.6 is 23.2 Å². The van der Waals surface area contributed by atoms with Gasteiger partial charge in [-0.05, 0) is 49.7 Å². The van der Waals surface area contributed by atoms with Crippen molar-refractivity contribution in [3.8, 4) is 5.75 Å². The van der Waals surface area contributed by atoms with Gasteiger partial charge in [0.1, 0.15) is 17.2 Å². The number of aryl methyl sites for hydroxylation is 1. The summed E-state index contributed by atoms with van der Waals surface area (Å²) in [4.78, 5) is 12.5. The van der Waals surface area contributed by atoms with Crippen molar-refractivity contribution in [2.75, 3.05) is 31.7 Å². The molecule has 2 aromatic rings. The Labute approximate surface area is 186 Å². The zero-order valence-electron chi connectivity index (χ0n) is 17.1. The fourth-order valence-electron chi connectivity index (χ4n) is 2.80. The second-order valence-electron chi connectivity index (χ2n) is 6.69. The average molecular weight is 475 g/mol. The number of methoxy groups -OCH3 is 2. The van der Waals surface area contributed by atoms with Crippen LogP contribution < -0.4 is 14.4 Å². The number of nitrogens with one attached hydrogen (secondary N) is 1. The largest absolute Gasteiger partial charge is 0.495 e. The third kappa shape index (κ3) is 5.78. The number of ether oxygens (including phenoxy) is 2. The van der Waals surface area contributed by atoms with Crippen molar-refractivity contribution in [3.05, 3.63) is 52.0 Å². The van der Waals surface area contributed by atoms with Crippen LogP contribution in [0.4, 0.5) is 5.69 Å². The number of halogens is 2. The summed E-state index contributed by atoms with van der Waals surface area (Å²) < 4.78 is 38.4. The van der Waals surface area contributed by atoms with Gasteiger partial charge in [0.05, 0.1) is 29.4 Å². The standard InChI is InChI=1S/C20H24Cl2N2O5S/c1-13-5-8-18(29-4)19(9-13)30(26,27)24(11-20(25)23-14(2)12-28-3)15-6-7-16(21)17(22)10-15/h5-10,14H,11-12H2,1-4H3,(H,23,25)/t14-/m1/s1. The van der Waals surface area contributed by atoms with Gasteiger partial charge >= 0.3 is 0 Å². The number of benzene rings is 2. The lowest BCUT2D eigenvalue weighted by molar-refractivity contribution is -0.120. The van der Waals surface area contributed by atoms with Crippen molar-refractivity contribution >= 4 is 44.8 Å². The Balaban J connectivity index is 2.53. The summed E-state index contributed by atoms with van der Waals surface area (Å²) in [5.74, 6) is -0.334. The molecule has 164 valence electrons. The van der Waals surface area contributed by atoms with E-state index in [0.29, 0.717) is 0 Å². The first kappa shape index (κ1) is 24.3. The van der Waals surface area contributed by atoms with Crippen LogP contribution in [0.25, 0.3) is 0 Å². The number of hydrogen-bond donors (Lipinski definition) is 1. The Morgan fingerprint density at radius 1 is 1.13 bits per heavy atom. The van der Waals surface area contributed by atoms with Gasteiger partial charge in [0.25, 0.3) is 10.0 Å². The lowest BCUT2D eigenvalue weighted by Crippen LogP contribution is -2.44. The fourth-order valence-corrected chi connectivity index (χ4v) is 4.75. The highest BCUT2D eigenvalue weighted by Crippen LogP contribution is 2.33. The van der Waals surface area contributed by atoms with Crippen LogP contribution in [0.15, 0.2) is 41.3 Å². The summed E-state index contributed by atoms with van der Waals surface area (Å²) >= 11 is 12.1. The van der Waals surface area contributed by atoms with Crippen LogP contribution in [0, 0.1) is 6.92 Å². The number of rotatable bonds is 9. The molecule has 2 aromatic carbocycles. The molecule has 0 bridgehead atoms. The Morgan fingerprint density at radius 3 is 2.43 bits per heavy atom. The molecule has 0 aliphatic heterocycles. The van der Waals surface area contributed by atoms with Gasteiger partial charge in [-0.25, -0.2) is 8.42 Å². The average Bonchev–Trinajstić information content (AvgIpc) is 2.68. The van der Waals surface area contributed by atoms with Gasteiger partial charge in [-0.3, -0.25) is 9.10 Å². The smallest absolute Gasteiger partial charge is 0.268 e. The van der Waals surface area contributed by atoms with E-state index in [9.17, 15) is 13.2 Å². The number of anilines is 1. The molecule has 0 saturated heterocycles. The third-order valence-electron chi connectivity index (χ3n) is 4.19. The predicted octanol–water partition coefficient (Wildman–Crippen LogP) is 3.66. The van der Waals surface area contributed by atoms with Crippen molar-refractivity contribution in [1.29, 1.82) is 0 Å². The van der Waals surface area contributed by atoms with Crippen molar-refractivity contribution in [2.24, 2.45) is 0 Å². The number of hydrogen-bond acceptors (Lipinski definition) is 5. The van der Waals surface area contributed by atoms with Crippen LogP contribution in [0.3, 0.4) is 0 Å². The summed E-state index contributed by atoms with van der Waals surface area (Å²) in [6.07, 6.45) is 0. The SMILES string of the molecule is COC[C@@H](C)NC(=O)CN(c1ccc(Cl)c(Cl)c1)S(=O)(=O)c1cc(C)ccc1OC. The zero-order valence-corrected chi connectivity index (χ0v) is 19.4. The van der Waals surface area contributed by atoms with Gasteiger partial charge in [-0.2, -0.15) is 0 Å². The Bertz CT molecular complexity index is 1010. The Hall–Kier alpha value is -2.00. The minimum Gasteiger partial charge on any atom is -0.495 e. The van der Waals surface area contributed by atoms with E-state index in [-0.39, 0.29) is 39.0 Å². The number of carbonyl (C=O) groups is 1. The number of amides is 1. The van der Waals surface area contributed by atoms with E-state index in [1.165, 1.54) is 38.5 Å². The summed E-state index contributed by atoms with van der Waals surface area (Å²) in [5, 5.41) is 3.14. The van der Waals surface area contributed by atoms with Gasteiger partial charge in [0.15, 0.2) is 0 Å². The van der Waals surface area contributed by atoms with Gasteiger partial charge < -0.3 is 14.8 Å². The topological polar surface area (TPSA) is 84.9 Å². The highest BCUT2D eigenvalue weighted by molar-refractivity contribution is 7.93. The van der Waals surface area contributed by atoms with Gasteiger partial charge in [0, 0.05) is 13.2 Å². The number of carbonyl (C=O) groups excluding carboxylic acids is 1. The van der Waals surface area contributed by atoms with Crippen LogP contribution in [0.2, 0.25) is 10.0 Å². The maximum Gasteiger partial charge on any atom is 0.268 e. The molecule has 1 amide bonds. The van der Waals surface area contributed by atoms with Crippen LogP contribution in [-0.4, -0.2) is 47.7 Å². The molecule has 10 heteroatoms. The van der Waals surface area contributed by atoms with E-state index in [2.05, 4.69) is 5.32 Å². The summed E-state index contributed by atoms with van der Waals surface area (Å²) in [5.41, 5.74) is 0.920. The maximum absolute atomic E-state index is 13.6. The second-order valence-corrected chi connectivity index (χ2v) is 9.33. The summed E-state index contributed by atoms with van der Waals surface area (Å²) in [7, 11) is -1.28. The monoisotopic (exact) mass is 474 g/mol. The highest BCUT2D eigenvalue weighted by atomic mass is 35.5. The van der Waals surface area contributed by atoms with Crippen molar-refractivity contribution in [1.82, 2.24) is 5.32 Å². The highest BCUT2D eigenvalue weighted by Gasteiger charge is 2.31. The minimum atomic E-state index is -4.18. The maximum atomic E-state index is 13.6. The summed E-state index contributed by atoms with van der Waals surface area (Å²) in [6, 6.07) is 8.85. The normalized spacial score (nSPS) is 12.3. The molecule has 0 fully saturated rings.